The Balaban J connectivity index is 2.71. The molecule has 3 atom stereocenters. The molecule has 0 aromatic carbocycles. The molecule has 2 aliphatic rings. The molecule has 2 rings (SSSR count). The molecular weight excluding hydrogens is 364 g/mol. The Kier molecular flexibility index (Phi) is 4.00. The van der Waals surface area contributed by atoms with Crippen molar-refractivity contribution in [2.75, 3.05) is 0 Å². The third kappa shape index (κ3) is 2.35. The van der Waals surface area contributed by atoms with E-state index in [9.17, 15) is 43.5 Å². The number of alkyl halides is 8. The molecule has 2 unspecified atom stereocenters. The fourth-order valence-corrected chi connectivity index (χ4v) is 5.03. The van der Waals surface area contributed by atoms with E-state index in [0.717, 1.165) is 0 Å². The van der Waals surface area contributed by atoms with Gasteiger partial charge in [0.25, 0.3) is 16.0 Å². The Morgan fingerprint density at radius 1 is 0.826 bits per heavy atom. The molecule has 23 heavy (non-hydrogen) atoms. The minimum absolute atomic E-state index is 0.00218. The first-order valence-corrected chi connectivity index (χ1v) is 7.99. The molecule has 1 N–H and O–H groups in total. The third-order valence-corrected chi connectivity index (χ3v) is 6.37. The summed E-state index contributed by atoms with van der Waals surface area (Å²) in [5, 5.41) is 0. The topological polar surface area (TPSA) is 54.4 Å². The quantitative estimate of drug-likeness (QED) is 0.602. The van der Waals surface area contributed by atoms with Crippen LogP contribution in [-0.2, 0) is 10.1 Å². The average Bonchev–Trinajstić information content (AvgIpc) is 2.83. The molecule has 2 fully saturated rings. The Labute approximate surface area is 125 Å². The number of hydrogen-bond donors (Lipinski definition) is 1. The van der Waals surface area contributed by atoms with Gasteiger partial charge in [0.05, 0.1) is 0 Å². The van der Waals surface area contributed by atoms with Crippen LogP contribution in [0.4, 0.5) is 35.1 Å². The van der Waals surface area contributed by atoms with Gasteiger partial charge in [-0.25, -0.2) is 8.78 Å². The first-order valence-electron chi connectivity index (χ1n) is 6.55. The zero-order valence-corrected chi connectivity index (χ0v) is 12.1. The fourth-order valence-electron chi connectivity index (χ4n) is 3.95. The number of halogens is 8. The van der Waals surface area contributed by atoms with Crippen LogP contribution in [0.15, 0.2) is 0 Å². The van der Waals surface area contributed by atoms with E-state index in [0.29, 0.717) is 6.42 Å². The Morgan fingerprint density at radius 3 is 1.57 bits per heavy atom. The smallest absolute Gasteiger partial charge is 0.284 e. The van der Waals surface area contributed by atoms with E-state index < -0.39 is 57.3 Å². The average molecular weight is 376 g/mol. The van der Waals surface area contributed by atoms with E-state index in [2.05, 4.69) is 0 Å². The lowest BCUT2D eigenvalue weighted by Gasteiger charge is -2.44. The highest BCUT2D eigenvalue weighted by Crippen LogP contribution is 2.64. The van der Waals surface area contributed by atoms with E-state index >= 15 is 0 Å². The van der Waals surface area contributed by atoms with Crippen LogP contribution < -0.4 is 0 Å². The molecule has 0 aromatic rings. The van der Waals surface area contributed by atoms with Gasteiger partial charge in [-0.2, -0.15) is 34.8 Å². The van der Waals surface area contributed by atoms with E-state index in [4.69, 9.17) is 4.55 Å². The van der Waals surface area contributed by atoms with Crippen molar-refractivity contribution >= 4 is 10.1 Å². The summed E-state index contributed by atoms with van der Waals surface area (Å²) in [5.41, 5.74) is 0. The van der Waals surface area contributed by atoms with Gasteiger partial charge >= 0.3 is 17.1 Å². The Morgan fingerprint density at radius 2 is 1.30 bits per heavy atom. The molecule has 3 nitrogen and oxygen atoms in total. The highest BCUT2D eigenvalue weighted by atomic mass is 32.2. The summed E-state index contributed by atoms with van der Waals surface area (Å²) < 4.78 is 131. The van der Waals surface area contributed by atoms with Gasteiger partial charge in [0.15, 0.2) is 0 Å². The number of rotatable bonds is 3. The lowest BCUT2D eigenvalue weighted by Crippen LogP contribution is -2.73. The summed E-state index contributed by atoms with van der Waals surface area (Å²) in [6, 6.07) is 0. The SMILES string of the molecule is O=S(=O)(O)C(C(F)(F)F)(C(F)(F)F)C(F)(F)C1C[C@@H]2CCC1C2. The van der Waals surface area contributed by atoms with Crippen molar-refractivity contribution in [2.45, 2.75) is 48.7 Å². The summed E-state index contributed by atoms with van der Waals surface area (Å²) in [7, 11) is -7.25. The van der Waals surface area contributed by atoms with E-state index in [1.165, 1.54) is 0 Å². The van der Waals surface area contributed by atoms with Gasteiger partial charge in [0.1, 0.15) is 0 Å². The number of hydrogen-bond acceptors (Lipinski definition) is 2. The zero-order valence-electron chi connectivity index (χ0n) is 11.3. The van der Waals surface area contributed by atoms with E-state index in [-0.39, 0.29) is 12.8 Å². The molecule has 136 valence electrons. The maximum atomic E-state index is 14.4. The fraction of sp³-hybridized carbons (Fsp3) is 1.00. The van der Waals surface area contributed by atoms with Gasteiger partial charge in [0.2, 0.25) is 0 Å². The highest BCUT2D eigenvalue weighted by molar-refractivity contribution is 7.87. The van der Waals surface area contributed by atoms with Crippen LogP contribution in [0.1, 0.15) is 25.7 Å². The van der Waals surface area contributed by atoms with Crippen molar-refractivity contribution in [2.24, 2.45) is 17.8 Å². The van der Waals surface area contributed by atoms with Crippen molar-refractivity contribution in [1.82, 2.24) is 0 Å². The normalized spacial score (nSPS) is 30.0. The monoisotopic (exact) mass is 376 g/mol. The van der Waals surface area contributed by atoms with Gasteiger partial charge in [-0.3, -0.25) is 4.55 Å². The summed E-state index contributed by atoms with van der Waals surface area (Å²) in [6.07, 6.45) is -14.1. The minimum Gasteiger partial charge on any atom is -0.284 e. The van der Waals surface area contributed by atoms with Crippen molar-refractivity contribution in [3.8, 4) is 0 Å². The van der Waals surface area contributed by atoms with Gasteiger partial charge in [-0.05, 0) is 31.1 Å². The van der Waals surface area contributed by atoms with Crippen molar-refractivity contribution < 1.29 is 48.1 Å². The second kappa shape index (κ2) is 4.93. The van der Waals surface area contributed by atoms with Gasteiger partial charge in [0, 0.05) is 5.92 Å². The van der Waals surface area contributed by atoms with Crippen LogP contribution in [0.5, 0.6) is 0 Å². The van der Waals surface area contributed by atoms with Crippen LogP contribution in [0.25, 0.3) is 0 Å². The molecule has 0 aromatic heterocycles. The second-order valence-corrected chi connectivity index (χ2v) is 7.62. The molecule has 2 saturated carbocycles. The molecule has 0 amide bonds. The van der Waals surface area contributed by atoms with Crippen LogP contribution in [-0.4, -0.2) is 36.0 Å². The van der Waals surface area contributed by atoms with Crippen LogP contribution >= 0.6 is 0 Å². The lowest BCUT2D eigenvalue weighted by atomic mass is 9.77. The Bertz CT molecular complexity index is 565. The maximum Gasteiger partial charge on any atom is 0.425 e. The van der Waals surface area contributed by atoms with Crippen LogP contribution in [0.3, 0.4) is 0 Å². The van der Waals surface area contributed by atoms with E-state index in [1.807, 2.05) is 0 Å². The van der Waals surface area contributed by atoms with Crippen LogP contribution in [0.2, 0.25) is 0 Å². The van der Waals surface area contributed by atoms with Gasteiger partial charge in [-0.15, -0.1) is 0 Å². The second-order valence-electron chi connectivity index (χ2n) is 6.06. The number of fused-ring (bicyclic) bond motifs is 2. The van der Waals surface area contributed by atoms with Crippen LogP contribution in [0, 0.1) is 17.8 Å². The molecule has 2 aliphatic carbocycles. The molecule has 0 heterocycles. The van der Waals surface area contributed by atoms with Crippen molar-refractivity contribution in [3.05, 3.63) is 0 Å². The first kappa shape index (κ1) is 18.7. The molecule has 0 saturated heterocycles. The van der Waals surface area contributed by atoms with E-state index in [1.54, 1.807) is 0 Å². The molecule has 0 aliphatic heterocycles. The largest absolute Gasteiger partial charge is 0.425 e. The predicted octanol–water partition coefficient (Wildman–Crippen LogP) is 3.81. The predicted molar refractivity (Wildman–Crippen MR) is 60.3 cm³/mol. The summed E-state index contributed by atoms with van der Waals surface area (Å²) in [4.78, 5) is 0. The summed E-state index contributed by atoms with van der Waals surface area (Å²) in [5.74, 6) is -9.75. The molecule has 0 radical (unpaired) electrons. The van der Waals surface area contributed by atoms with Crippen molar-refractivity contribution in [1.29, 1.82) is 0 Å². The third-order valence-electron chi connectivity index (χ3n) is 4.86. The zero-order chi connectivity index (χ0) is 18.1. The lowest BCUT2D eigenvalue weighted by molar-refractivity contribution is -0.332. The van der Waals surface area contributed by atoms with Gasteiger partial charge in [-0.1, -0.05) is 6.42 Å². The standard InChI is InChI=1S/C11H12F8O3S/c12-8(13,7-4-5-1-2-6(7)3-5)9(10(14,15)16,11(17,18)19)23(20,21)22/h5-7H,1-4H2,(H,20,21,22)/t5-,6?,7?/m1/s1. The van der Waals surface area contributed by atoms with Gasteiger partial charge < -0.3 is 0 Å². The van der Waals surface area contributed by atoms with Crippen molar-refractivity contribution in [3.63, 3.8) is 0 Å². The maximum absolute atomic E-state index is 14.4. The molecule has 0 spiro atoms. The summed E-state index contributed by atoms with van der Waals surface area (Å²) in [6.45, 7) is 0. The minimum atomic E-state index is -7.25. The Hall–Kier alpha value is -0.650. The highest BCUT2D eigenvalue weighted by Gasteiger charge is 2.91. The first-order chi connectivity index (χ1) is 10.1. The molecular formula is C11H12F8O3S. The summed E-state index contributed by atoms with van der Waals surface area (Å²) >= 11 is 0. The molecule has 2 bridgehead atoms. The molecule has 12 heteroatoms.